The van der Waals surface area contributed by atoms with E-state index >= 15 is 0 Å². The third-order valence-electron chi connectivity index (χ3n) is 4.22. The van der Waals surface area contributed by atoms with Crippen LogP contribution in [0.25, 0.3) is 0 Å². The van der Waals surface area contributed by atoms with Gasteiger partial charge in [0.1, 0.15) is 10.8 Å². The number of carboxylic acid groups (broad SMARTS) is 1. The van der Waals surface area contributed by atoms with E-state index in [1.165, 1.54) is 19.0 Å². The zero-order chi connectivity index (χ0) is 24.2. The summed E-state index contributed by atoms with van der Waals surface area (Å²) in [6, 6.07) is 1.65. The molecule has 0 bridgehead atoms. The lowest BCUT2D eigenvalue weighted by Crippen LogP contribution is -2.21. The number of nitrogens with zero attached hydrogens (tertiary/aromatic N) is 5. The molecule has 4 rings (SSSR count). The van der Waals surface area contributed by atoms with E-state index in [-0.39, 0.29) is 6.04 Å². The summed E-state index contributed by atoms with van der Waals surface area (Å²) in [5.74, 6) is -0.810. The van der Waals surface area contributed by atoms with Gasteiger partial charge in [-0.2, -0.15) is 23.3 Å². The number of nitrogens with one attached hydrogen (secondary N) is 3. The zero-order valence-electron chi connectivity index (χ0n) is 16.9. The molecule has 1 atom stereocenters. The molecule has 176 valence electrons. The maximum atomic E-state index is 12.9. The Hall–Kier alpha value is -3.55. The molecule has 0 unspecified atom stereocenters. The summed E-state index contributed by atoms with van der Waals surface area (Å²) in [5, 5.41) is 20.9. The van der Waals surface area contributed by atoms with Crippen molar-refractivity contribution in [2.75, 3.05) is 10.6 Å². The molecule has 15 heteroatoms. The highest BCUT2D eigenvalue weighted by molar-refractivity contribution is 6.32. The predicted molar refractivity (Wildman–Crippen MR) is 109 cm³/mol. The van der Waals surface area contributed by atoms with Gasteiger partial charge in [-0.1, -0.05) is 11.6 Å². The number of aromatic nitrogens is 6. The molecule has 33 heavy (non-hydrogen) atoms. The number of hydrogen-bond donors (Lipinski definition) is 4. The number of alkyl halides is 3. The van der Waals surface area contributed by atoms with Gasteiger partial charge in [0.25, 0.3) is 0 Å². The van der Waals surface area contributed by atoms with Gasteiger partial charge in [0, 0.05) is 17.7 Å². The van der Waals surface area contributed by atoms with Gasteiger partial charge in [-0.3, -0.25) is 5.10 Å². The molecule has 3 aromatic rings. The van der Waals surface area contributed by atoms with Gasteiger partial charge >= 0.3 is 12.1 Å². The minimum atomic E-state index is -5.08. The molecule has 3 aromatic heterocycles. The summed E-state index contributed by atoms with van der Waals surface area (Å²) in [6.45, 7) is 1.83. The van der Waals surface area contributed by atoms with E-state index in [1.54, 1.807) is 0 Å². The fourth-order valence-corrected chi connectivity index (χ4v) is 2.59. The second-order valence-corrected chi connectivity index (χ2v) is 7.33. The Morgan fingerprint density at radius 3 is 2.45 bits per heavy atom. The van der Waals surface area contributed by atoms with Gasteiger partial charge in [0.15, 0.2) is 17.5 Å². The molecule has 1 fully saturated rings. The van der Waals surface area contributed by atoms with E-state index in [1.807, 2.05) is 13.0 Å². The van der Waals surface area contributed by atoms with Gasteiger partial charge in [0.05, 0.1) is 24.6 Å². The van der Waals surface area contributed by atoms with Crippen molar-refractivity contribution in [2.24, 2.45) is 0 Å². The van der Waals surface area contributed by atoms with Crippen LogP contribution in [0.4, 0.5) is 35.1 Å². The highest BCUT2D eigenvalue weighted by atomic mass is 35.5. The largest absolute Gasteiger partial charge is 0.490 e. The highest BCUT2D eigenvalue weighted by Gasteiger charge is 2.38. The molecule has 0 radical (unpaired) electrons. The molecule has 10 nitrogen and oxygen atoms in total. The summed E-state index contributed by atoms with van der Waals surface area (Å²) in [6.07, 6.45) is 1.02. The van der Waals surface area contributed by atoms with Crippen LogP contribution in [0, 0.1) is 5.82 Å². The summed E-state index contributed by atoms with van der Waals surface area (Å²) in [5.41, 5.74) is 1.11. The van der Waals surface area contributed by atoms with Crippen LogP contribution in [0.15, 0.2) is 24.7 Å². The van der Waals surface area contributed by atoms with Crippen LogP contribution >= 0.6 is 11.6 Å². The number of carboxylic acids is 1. The van der Waals surface area contributed by atoms with Crippen LogP contribution in [0.1, 0.15) is 43.2 Å². The average Bonchev–Trinajstić information content (AvgIpc) is 3.50. The van der Waals surface area contributed by atoms with Gasteiger partial charge in [-0.15, -0.1) is 0 Å². The van der Waals surface area contributed by atoms with Crippen molar-refractivity contribution in [1.29, 1.82) is 0 Å². The summed E-state index contributed by atoms with van der Waals surface area (Å²) >= 11 is 6.18. The number of aliphatic carboxylic acids is 1. The first-order valence-electron chi connectivity index (χ1n) is 9.42. The Balaban J connectivity index is 0.000000383. The van der Waals surface area contributed by atoms with Crippen LogP contribution in [0.5, 0.6) is 0 Å². The van der Waals surface area contributed by atoms with E-state index in [2.05, 4.69) is 40.8 Å². The fraction of sp³-hybridized carbons (Fsp3) is 0.333. The molecule has 0 aliphatic heterocycles. The van der Waals surface area contributed by atoms with Crippen molar-refractivity contribution in [2.45, 2.75) is 37.9 Å². The maximum Gasteiger partial charge on any atom is 0.490 e. The molecular formula is C18H17ClF4N8O2. The maximum absolute atomic E-state index is 12.9. The summed E-state index contributed by atoms with van der Waals surface area (Å²) < 4.78 is 44.7. The van der Waals surface area contributed by atoms with Crippen LogP contribution in [-0.2, 0) is 4.79 Å². The van der Waals surface area contributed by atoms with Gasteiger partial charge in [0.2, 0.25) is 5.95 Å². The lowest BCUT2D eigenvalue weighted by atomic mass is 10.3. The van der Waals surface area contributed by atoms with Crippen molar-refractivity contribution < 1.29 is 27.5 Å². The fourth-order valence-electron chi connectivity index (χ4n) is 2.45. The third kappa shape index (κ3) is 6.97. The van der Waals surface area contributed by atoms with Gasteiger partial charge < -0.3 is 15.7 Å². The van der Waals surface area contributed by atoms with Crippen molar-refractivity contribution >= 4 is 35.2 Å². The van der Waals surface area contributed by atoms with E-state index in [0.29, 0.717) is 34.3 Å². The summed E-state index contributed by atoms with van der Waals surface area (Å²) in [4.78, 5) is 25.3. The first-order valence-corrected chi connectivity index (χ1v) is 9.79. The van der Waals surface area contributed by atoms with Crippen molar-refractivity contribution in [3.8, 4) is 0 Å². The smallest absolute Gasteiger partial charge is 0.475 e. The Kier molecular flexibility index (Phi) is 7.26. The average molecular weight is 489 g/mol. The number of H-pyrrole nitrogens is 1. The van der Waals surface area contributed by atoms with E-state index in [4.69, 9.17) is 21.5 Å². The number of halogens is 5. The van der Waals surface area contributed by atoms with Crippen molar-refractivity contribution in [1.82, 2.24) is 30.1 Å². The molecular weight excluding hydrogens is 472 g/mol. The second-order valence-electron chi connectivity index (χ2n) is 6.93. The quantitative estimate of drug-likeness (QED) is 0.375. The first kappa shape index (κ1) is 24.1. The van der Waals surface area contributed by atoms with E-state index in [0.717, 1.165) is 18.1 Å². The van der Waals surface area contributed by atoms with Crippen LogP contribution < -0.4 is 10.6 Å². The molecule has 0 amide bonds. The molecule has 0 saturated heterocycles. The van der Waals surface area contributed by atoms with Crippen LogP contribution in [0.3, 0.4) is 0 Å². The minimum absolute atomic E-state index is 0.309. The van der Waals surface area contributed by atoms with E-state index in [9.17, 15) is 17.6 Å². The lowest BCUT2D eigenvalue weighted by Gasteiger charge is -2.13. The Morgan fingerprint density at radius 2 is 1.88 bits per heavy atom. The number of aromatic amines is 1. The molecule has 3 heterocycles. The topological polar surface area (TPSA) is 142 Å². The lowest BCUT2D eigenvalue weighted by molar-refractivity contribution is -0.192. The minimum Gasteiger partial charge on any atom is -0.475 e. The molecule has 1 saturated carbocycles. The Morgan fingerprint density at radius 1 is 1.24 bits per heavy atom. The van der Waals surface area contributed by atoms with Crippen molar-refractivity contribution in [3.05, 3.63) is 47.0 Å². The highest BCUT2D eigenvalue weighted by Crippen LogP contribution is 2.39. The van der Waals surface area contributed by atoms with Gasteiger partial charge in [-0.05, 0) is 19.8 Å². The molecule has 1 aliphatic carbocycles. The SMILES string of the molecule is C[C@H](Nc1ncc(Cl)c(Nc2cc(C3CC3)[nH]n2)n1)c1ncc(F)cn1.O=C(O)C(F)(F)F. The Bertz CT molecular complexity index is 1110. The molecule has 0 aromatic carbocycles. The van der Waals surface area contributed by atoms with Crippen LogP contribution in [-0.4, -0.2) is 47.4 Å². The monoisotopic (exact) mass is 488 g/mol. The Labute approximate surface area is 188 Å². The molecule has 4 N–H and O–H groups in total. The second kappa shape index (κ2) is 9.94. The van der Waals surface area contributed by atoms with Crippen LogP contribution in [0.2, 0.25) is 5.02 Å². The number of anilines is 3. The predicted octanol–water partition coefficient (Wildman–Crippen LogP) is 4.21. The molecule has 1 aliphatic rings. The van der Waals surface area contributed by atoms with Gasteiger partial charge in [-0.25, -0.2) is 24.1 Å². The third-order valence-corrected chi connectivity index (χ3v) is 4.50. The number of rotatable bonds is 6. The number of hydrogen-bond acceptors (Lipinski definition) is 8. The summed E-state index contributed by atoms with van der Waals surface area (Å²) in [7, 11) is 0. The van der Waals surface area contributed by atoms with E-state index < -0.39 is 18.0 Å². The molecule has 0 spiro atoms. The standard InChI is InChI=1S/C16H16ClFN8.C2HF3O2/c1-8(14-19-5-10(18)6-20-14)22-16-21-7-11(17)15(24-16)23-13-4-12(25-26-13)9-2-3-9;3-2(4,5)1(6)7/h4-9H,2-3H2,1H3,(H3,21,22,23,24,25,26);(H,6,7)/t8-;/m0./s1. The normalized spacial score (nSPS) is 14.1. The first-order chi connectivity index (χ1) is 15.5. The zero-order valence-corrected chi connectivity index (χ0v) is 17.6. The van der Waals surface area contributed by atoms with Crippen molar-refractivity contribution in [3.63, 3.8) is 0 Å². The number of carbonyl (C=O) groups is 1.